The largest absolute Gasteiger partial charge is 0.327 e. The van der Waals surface area contributed by atoms with Crippen LogP contribution in [0, 0.1) is 5.82 Å². The van der Waals surface area contributed by atoms with E-state index >= 15 is 0 Å². The van der Waals surface area contributed by atoms with Crippen molar-refractivity contribution in [2.24, 2.45) is 9.98 Å². The third-order valence-corrected chi connectivity index (χ3v) is 7.20. The molecule has 34 heavy (non-hydrogen) atoms. The molecule has 2 aromatic rings. The maximum atomic E-state index is 14.4. The van der Waals surface area contributed by atoms with Crippen molar-refractivity contribution in [2.45, 2.75) is 44.2 Å². The fourth-order valence-corrected chi connectivity index (χ4v) is 5.42. The Labute approximate surface area is 195 Å². The number of nitrogens with one attached hydrogen (secondary N) is 2. The molecule has 1 atom stereocenters. The van der Waals surface area contributed by atoms with Crippen LogP contribution in [-0.2, 0) is 11.2 Å². The van der Waals surface area contributed by atoms with Crippen molar-refractivity contribution in [1.82, 2.24) is 25.1 Å². The van der Waals surface area contributed by atoms with E-state index in [1.54, 1.807) is 10.6 Å². The highest BCUT2D eigenvalue weighted by atomic mass is 19.1. The second-order valence-corrected chi connectivity index (χ2v) is 9.38. The molecule has 1 aromatic carbocycles. The van der Waals surface area contributed by atoms with E-state index in [1.165, 1.54) is 12.3 Å². The van der Waals surface area contributed by atoms with Gasteiger partial charge in [-0.2, -0.15) is 4.99 Å². The molecule has 1 unspecified atom stereocenters. The van der Waals surface area contributed by atoms with E-state index in [0.29, 0.717) is 54.3 Å². The summed E-state index contributed by atoms with van der Waals surface area (Å²) in [5.74, 6) is 1.05. The van der Waals surface area contributed by atoms with Crippen LogP contribution in [0.2, 0.25) is 0 Å². The summed E-state index contributed by atoms with van der Waals surface area (Å²) in [7, 11) is 0. The molecule has 4 aliphatic rings. The highest BCUT2D eigenvalue weighted by Gasteiger charge is 2.31. The summed E-state index contributed by atoms with van der Waals surface area (Å²) >= 11 is 0. The Morgan fingerprint density at radius 3 is 2.88 bits per heavy atom. The van der Waals surface area contributed by atoms with E-state index in [0.717, 1.165) is 43.9 Å². The molecule has 9 nitrogen and oxygen atoms in total. The van der Waals surface area contributed by atoms with Gasteiger partial charge in [0.15, 0.2) is 0 Å². The van der Waals surface area contributed by atoms with Crippen molar-refractivity contribution in [3.8, 4) is 0 Å². The molecule has 0 bridgehead atoms. The Bertz CT molecular complexity index is 1320. The van der Waals surface area contributed by atoms with Crippen molar-refractivity contribution >= 4 is 28.6 Å². The van der Waals surface area contributed by atoms with Crippen LogP contribution in [0.15, 0.2) is 44.9 Å². The first-order valence-electron chi connectivity index (χ1n) is 11.8. The molecule has 0 radical (unpaired) electrons. The molecule has 0 spiro atoms. The van der Waals surface area contributed by atoms with Gasteiger partial charge in [0.1, 0.15) is 17.5 Å². The lowest BCUT2D eigenvalue weighted by Crippen LogP contribution is -2.48. The fraction of sp³-hybridized carbons (Fsp3) is 0.458. The van der Waals surface area contributed by atoms with Crippen molar-refractivity contribution in [2.75, 3.05) is 26.2 Å². The molecule has 1 fully saturated rings. The number of nitrogens with zero attached hydrogens (tertiary/aromatic N) is 5. The highest BCUT2D eigenvalue weighted by Crippen LogP contribution is 2.32. The lowest BCUT2D eigenvalue weighted by molar-refractivity contribution is -0.117. The number of fused-ring (bicyclic) bond motifs is 1. The number of amidine groups is 2. The minimum atomic E-state index is -0.260. The highest BCUT2D eigenvalue weighted by molar-refractivity contribution is 6.16. The molecule has 0 aliphatic carbocycles. The number of carbonyl (C=O) groups excluding carboxylic acids is 1. The fourth-order valence-electron chi connectivity index (χ4n) is 5.42. The zero-order chi connectivity index (χ0) is 23.2. The van der Waals surface area contributed by atoms with E-state index in [4.69, 9.17) is 0 Å². The van der Waals surface area contributed by atoms with Crippen LogP contribution in [-0.4, -0.2) is 64.3 Å². The molecule has 0 saturated carbocycles. The molecule has 5 heterocycles. The topological polar surface area (TPSA) is 104 Å². The number of likely N-dealkylation sites (tertiary alicyclic amines) is 1. The molecule has 6 rings (SSSR count). The molecule has 10 heteroatoms. The summed E-state index contributed by atoms with van der Waals surface area (Å²) in [6, 6.07) is 3.37. The smallest absolute Gasteiger partial charge is 0.269 e. The van der Waals surface area contributed by atoms with Gasteiger partial charge in [0.2, 0.25) is 5.91 Å². The van der Waals surface area contributed by atoms with E-state index in [2.05, 4.69) is 30.5 Å². The van der Waals surface area contributed by atoms with Crippen LogP contribution < -0.4 is 16.2 Å². The second kappa shape index (κ2) is 8.52. The quantitative estimate of drug-likeness (QED) is 0.693. The second-order valence-electron chi connectivity index (χ2n) is 9.38. The number of halogens is 1. The summed E-state index contributed by atoms with van der Waals surface area (Å²) in [5, 5.41) is 6.74. The first-order valence-corrected chi connectivity index (χ1v) is 11.8. The van der Waals surface area contributed by atoms with Crippen LogP contribution in [0.4, 0.5) is 4.39 Å². The normalized spacial score (nSPS) is 22.8. The minimum absolute atomic E-state index is 0.0739. The Kier molecular flexibility index (Phi) is 5.34. The molecule has 2 N–H and O–H groups in total. The Morgan fingerprint density at radius 1 is 1.18 bits per heavy atom. The van der Waals surface area contributed by atoms with Crippen molar-refractivity contribution in [1.29, 1.82) is 0 Å². The maximum absolute atomic E-state index is 14.4. The number of benzene rings is 1. The van der Waals surface area contributed by atoms with Gasteiger partial charge in [-0.3, -0.25) is 9.59 Å². The standard InChI is InChI=1S/C24H26FN7O2/c25-18-2-3-19-23-17(18)9-16(32(23)22(34)12-27-19)13-31-7-5-15(6-8-31)26-11-20-28-10-14-1-4-21(33)30-24(14)29-20/h2-3,10,12,15-16,26H,1,4-9,11,13H2,(H,28,29,30,33). The third-order valence-electron chi connectivity index (χ3n) is 7.20. The number of hydrogen-bond donors (Lipinski definition) is 2. The van der Waals surface area contributed by atoms with Crippen LogP contribution in [0.3, 0.4) is 0 Å². The van der Waals surface area contributed by atoms with Crippen LogP contribution >= 0.6 is 0 Å². The average molecular weight is 464 g/mol. The van der Waals surface area contributed by atoms with E-state index in [9.17, 15) is 14.0 Å². The molecule has 1 saturated heterocycles. The van der Waals surface area contributed by atoms with Gasteiger partial charge < -0.3 is 20.1 Å². The van der Waals surface area contributed by atoms with Gasteiger partial charge in [-0.05, 0) is 50.9 Å². The zero-order valence-corrected chi connectivity index (χ0v) is 18.8. The number of carbonyl (C=O) groups is 1. The molecule has 1 amide bonds. The summed E-state index contributed by atoms with van der Waals surface area (Å²) in [6.07, 6.45) is 6.75. The van der Waals surface area contributed by atoms with Gasteiger partial charge in [0.05, 0.1) is 29.8 Å². The number of amides is 1. The summed E-state index contributed by atoms with van der Waals surface area (Å²) < 4.78 is 16.2. The first-order chi connectivity index (χ1) is 16.5. The van der Waals surface area contributed by atoms with Gasteiger partial charge in [-0.25, -0.2) is 14.4 Å². The number of aliphatic imine (C=N–C) groups is 2. The monoisotopic (exact) mass is 463 g/mol. The summed E-state index contributed by atoms with van der Waals surface area (Å²) in [4.78, 5) is 39.2. The van der Waals surface area contributed by atoms with Crippen LogP contribution in [0.5, 0.6) is 0 Å². The Balaban J connectivity index is 1.05. The molecule has 176 valence electrons. The third kappa shape index (κ3) is 3.86. The SMILES string of the molecule is O=C1CCC2=CN=C(CNC3CCN(CC4Cc5c(F)ccc6ncc(=O)n4c56)CC3)NC2=N1. The molecular formula is C24H26FN7O2. The van der Waals surface area contributed by atoms with E-state index < -0.39 is 0 Å². The van der Waals surface area contributed by atoms with E-state index in [-0.39, 0.29) is 23.3 Å². The van der Waals surface area contributed by atoms with E-state index in [1.807, 2.05) is 6.20 Å². The van der Waals surface area contributed by atoms with Gasteiger partial charge in [-0.15, -0.1) is 0 Å². The lowest BCUT2D eigenvalue weighted by atomic mass is 10.0. The number of aromatic nitrogens is 2. The summed E-state index contributed by atoms with van der Waals surface area (Å²) in [5.41, 5.74) is 2.74. The predicted molar refractivity (Wildman–Crippen MR) is 126 cm³/mol. The molecule has 4 aliphatic heterocycles. The van der Waals surface area contributed by atoms with Gasteiger partial charge >= 0.3 is 0 Å². The first kappa shape index (κ1) is 21.3. The van der Waals surface area contributed by atoms with Crippen molar-refractivity contribution in [3.05, 3.63) is 51.8 Å². The lowest BCUT2D eigenvalue weighted by Gasteiger charge is -2.34. The van der Waals surface area contributed by atoms with Gasteiger partial charge in [-0.1, -0.05) is 0 Å². The molecular weight excluding hydrogens is 437 g/mol. The number of piperidine rings is 1. The van der Waals surface area contributed by atoms with Crippen LogP contribution in [0.25, 0.3) is 11.0 Å². The summed E-state index contributed by atoms with van der Waals surface area (Å²) in [6.45, 7) is 3.11. The van der Waals surface area contributed by atoms with Crippen LogP contribution in [0.1, 0.15) is 37.3 Å². The Morgan fingerprint density at radius 2 is 2.03 bits per heavy atom. The number of rotatable bonds is 5. The zero-order valence-electron chi connectivity index (χ0n) is 18.8. The van der Waals surface area contributed by atoms with Crippen molar-refractivity contribution < 1.29 is 9.18 Å². The van der Waals surface area contributed by atoms with Gasteiger partial charge in [0, 0.05) is 36.3 Å². The minimum Gasteiger partial charge on any atom is -0.327 e. The average Bonchev–Trinajstić information content (AvgIpc) is 3.23. The molecule has 1 aromatic heterocycles. The van der Waals surface area contributed by atoms with Crippen molar-refractivity contribution in [3.63, 3.8) is 0 Å². The van der Waals surface area contributed by atoms with Gasteiger partial charge in [0.25, 0.3) is 5.56 Å². The maximum Gasteiger partial charge on any atom is 0.269 e. The predicted octanol–water partition coefficient (Wildman–Crippen LogP) is 1.29. The Hall–Kier alpha value is -3.24. The number of hydrogen-bond acceptors (Lipinski definition) is 7.